The first-order chi connectivity index (χ1) is 13.6. The summed E-state index contributed by atoms with van der Waals surface area (Å²) in [6, 6.07) is 15.4. The van der Waals surface area contributed by atoms with Crippen LogP contribution in [0.5, 0.6) is 0 Å². The normalized spacial score (nSPS) is 10.5. The third-order valence-electron chi connectivity index (χ3n) is 4.13. The number of aromatic amines is 1. The summed E-state index contributed by atoms with van der Waals surface area (Å²) in [5.74, 6) is -0.300. The second-order valence-corrected chi connectivity index (χ2v) is 7.50. The number of H-pyrrole nitrogens is 1. The smallest absolute Gasteiger partial charge is 0.342 e. The number of amides is 1. The molecule has 0 radical (unpaired) electrons. The Kier molecular flexibility index (Phi) is 6.73. The van der Waals surface area contributed by atoms with Gasteiger partial charge in [0.05, 0.1) is 5.56 Å². The van der Waals surface area contributed by atoms with E-state index in [4.69, 9.17) is 11.6 Å². The van der Waals surface area contributed by atoms with E-state index in [2.05, 4.69) is 27.7 Å². The van der Waals surface area contributed by atoms with Crippen LogP contribution in [0, 0.1) is 4.91 Å². The number of thiazole rings is 1. The monoisotopic (exact) mass is 415 g/mol. The largest absolute Gasteiger partial charge is 0.385 e. The molecule has 3 rings (SSSR count). The van der Waals surface area contributed by atoms with Crippen LogP contribution in [0.2, 0.25) is 5.15 Å². The fourth-order valence-corrected chi connectivity index (χ4v) is 3.69. The Bertz CT molecular complexity index is 976. The number of hydrogen-bond donors (Lipinski definition) is 2. The van der Waals surface area contributed by atoms with Gasteiger partial charge in [-0.05, 0) is 63.9 Å². The minimum atomic E-state index is -0.300. The highest BCUT2D eigenvalue weighted by atomic mass is 35.5. The lowest BCUT2D eigenvalue weighted by atomic mass is 9.98. The number of nitroso groups, excluding NO2 is 1. The van der Waals surface area contributed by atoms with Crippen LogP contribution in [0.1, 0.15) is 30.1 Å². The molecule has 0 saturated carbocycles. The van der Waals surface area contributed by atoms with Gasteiger partial charge in [-0.2, -0.15) is 5.32 Å². The average Bonchev–Trinajstić information content (AvgIpc) is 3.07. The lowest BCUT2D eigenvalue weighted by Crippen LogP contribution is -2.18. The number of nitrogens with one attached hydrogen (secondary N) is 3. The summed E-state index contributed by atoms with van der Waals surface area (Å²) in [6.45, 7) is 3.02. The summed E-state index contributed by atoms with van der Waals surface area (Å²) < 4.78 is 0. The minimum Gasteiger partial charge on any atom is -0.385 e. The number of anilines is 2. The van der Waals surface area contributed by atoms with Crippen LogP contribution in [-0.4, -0.2) is 12.5 Å². The molecule has 1 aromatic heterocycles. The zero-order valence-electron chi connectivity index (χ0n) is 15.3. The molecule has 0 aliphatic rings. The van der Waals surface area contributed by atoms with Crippen LogP contribution in [0.4, 0.5) is 15.8 Å². The lowest BCUT2D eigenvalue weighted by Gasteiger charge is -2.11. The van der Waals surface area contributed by atoms with Crippen molar-refractivity contribution in [2.24, 2.45) is 5.18 Å². The van der Waals surface area contributed by atoms with Gasteiger partial charge in [-0.1, -0.05) is 43.7 Å². The van der Waals surface area contributed by atoms with E-state index in [-0.39, 0.29) is 16.1 Å². The fraction of sp³-hybridized carbons (Fsp3) is 0.200. The van der Waals surface area contributed by atoms with Crippen LogP contribution in [0.15, 0.2) is 53.7 Å². The van der Waals surface area contributed by atoms with Crippen molar-refractivity contribution in [1.29, 1.82) is 0 Å². The van der Waals surface area contributed by atoms with Crippen molar-refractivity contribution >= 4 is 44.7 Å². The average molecular weight is 416 g/mol. The summed E-state index contributed by atoms with van der Waals surface area (Å²) >= 11 is 6.87. The molecule has 2 aromatic carbocycles. The number of rotatable bonds is 8. The Hall–Kier alpha value is -2.77. The zero-order chi connectivity index (χ0) is 19.9. The van der Waals surface area contributed by atoms with Crippen LogP contribution < -0.4 is 15.6 Å². The number of aromatic nitrogens is 1. The van der Waals surface area contributed by atoms with Crippen LogP contribution in [-0.2, 0) is 0 Å². The summed E-state index contributed by atoms with van der Waals surface area (Å²) in [5, 5.41) is 9.53. The van der Waals surface area contributed by atoms with E-state index < -0.39 is 0 Å². The number of hydrogen-bond acceptors (Lipinski definition) is 5. The molecular weight excluding hydrogens is 396 g/mol. The van der Waals surface area contributed by atoms with Crippen LogP contribution in [0.25, 0.3) is 11.1 Å². The third-order valence-corrected chi connectivity index (χ3v) is 5.39. The highest BCUT2D eigenvalue weighted by Gasteiger charge is 2.22. The van der Waals surface area contributed by atoms with Gasteiger partial charge in [0.15, 0.2) is 0 Å². The molecule has 0 saturated heterocycles. The molecule has 144 valence electrons. The molecule has 0 atom stereocenters. The van der Waals surface area contributed by atoms with E-state index in [0.29, 0.717) is 10.7 Å². The molecule has 8 heteroatoms. The number of benzene rings is 2. The van der Waals surface area contributed by atoms with Crippen molar-refractivity contribution in [2.75, 3.05) is 17.2 Å². The summed E-state index contributed by atoms with van der Waals surface area (Å²) in [7, 11) is 0. The summed E-state index contributed by atoms with van der Waals surface area (Å²) in [4.78, 5) is 26.4. The fourth-order valence-electron chi connectivity index (χ4n) is 2.72. The molecule has 0 aliphatic carbocycles. The Morgan fingerprint density at radius 2 is 2.00 bits per heavy atom. The molecule has 6 nitrogen and oxygen atoms in total. The van der Waals surface area contributed by atoms with Gasteiger partial charge in [0.2, 0.25) is 10.2 Å². The van der Waals surface area contributed by atoms with E-state index in [0.717, 1.165) is 47.5 Å². The van der Waals surface area contributed by atoms with Gasteiger partial charge >= 0.3 is 11.0 Å². The van der Waals surface area contributed by atoms with E-state index in [1.807, 2.05) is 42.5 Å². The zero-order valence-corrected chi connectivity index (χ0v) is 16.9. The number of nitrogens with zero attached hydrogens (tertiary/aromatic N) is 1. The molecule has 0 fully saturated rings. The first kappa shape index (κ1) is 20.0. The maximum atomic E-state index is 12.9. The molecule has 3 N–H and O–H groups in total. The summed E-state index contributed by atoms with van der Waals surface area (Å²) in [6.07, 6.45) is 2.18. The molecule has 0 unspecified atom stereocenters. The second kappa shape index (κ2) is 9.43. The minimum absolute atomic E-state index is 0.0933. The van der Waals surface area contributed by atoms with Crippen molar-refractivity contribution in [2.45, 2.75) is 19.8 Å². The number of halogens is 1. The maximum absolute atomic E-state index is 12.9. The van der Waals surface area contributed by atoms with Gasteiger partial charge in [0.25, 0.3) is 0 Å². The van der Waals surface area contributed by atoms with Gasteiger partial charge in [0, 0.05) is 12.2 Å². The van der Waals surface area contributed by atoms with Crippen LogP contribution in [0.3, 0.4) is 0 Å². The molecule has 1 heterocycles. The maximum Gasteiger partial charge on any atom is 0.342 e. The Labute approximate surface area is 171 Å². The SMILES string of the molecule is CCCCNc1ccc(C(=O)Nc2[nH+]c(Cl)c(N=O)s2)c(-c2ccccc2)c1. The predicted molar refractivity (Wildman–Crippen MR) is 115 cm³/mol. The van der Waals surface area contributed by atoms with Gasteiger partial charge in [-0.25, -0.2) is 9.78 Å². The van der Waals surface area contributed by atoms with E-state index in [1.54, 1.807) is 6.07 Å². The molecule has 0 bridgehead atoms. The van der Waals surface area contributed by atoms with Gasteiger partial charge in [-0.15, -0.1) is 4.91 Å². The lowest BCUT2D eigenvalue weighted by molar-refractivity contribution is -0.351. The first-order valence-electron chi connectivity index (χ1n) is 8.92. The number of carbonyl (C=O) groups excluding carboxylic acids is 1. The van der Waals surface area contributed by atoms with Gasteiger partial charge in [0.1, 0.15) is 0 Å². The second-order valence-electron chi connectivity index (χ2n) is 6.13. The van der Waals surface area contributed by atoms with Crippen molar-refractivity contribution in [3.05, 3.63) is 64.2 Å². The highest BCUT2D eigenvalue weighted by Crippen LogP contribution is 2.32. The molecule has 1 amide bonds. The third kappa shape index (κ3) is 4.74. The summed E-state index contributed by atoms with van der Waals surface area (Å²) in [5.41, 5.74) is 3.24. The Morgan fingerprint density at radius 1 is 1.21 bits per heavy atom. The van der Waals surface area contributed by atoms with E-state index in [9.17, 15) is 9.70 Å². The predicted octanol–water partition coefficient (Wildman–Crippen LogP) is 5.74. The van der Waals surface area contributed by atoms with Gasteiger partial charge in [-0.3, -0.25) is 0 Å². The molecular formula is C20H20ClN4O2S+. The number of unbranched alkanes of at least 4 members (excludes halogenated alkanes) is 1. The quantitative estimate of drug-likeness (QED) is 0.363. The van der Waals surface area contributed by atoms with E-state index >= 15 is 0 Å². The Balaban J connectivity index is 1.91. The molecule has 3 aromatic rings. The number of carbonyl (C=O) groups is 1. The van der Waals surface area contributed by atoms with Crippen LogP contribution >= 0.6 is 22.9 Å². The van der Waals surface area contributed by atoms with Gasteiger partial charge < -0.3 is 5.32 Å². The van der Waals surface area contributed by atoms with Crippen molar-refractivity contribution < 1.29 is 9.78 Å². The highest BCUT2D eigenvalue weighted by molar-refractivity contribution is 7.19. The van der Waals surface area contributed by atoms with Crippen molar-refractivity contribution in [1.82, 2.24) is 0 Å². The van der Waals surface area contributed by atoms with E-state index in [1.165, 1.54) is 0 Å². The molecule has 0 aliphatic heterocycles. The van der Waals surface area contributed by atoms with Crippen molar-refractivity contribution in [3.8, 4) is 11.1 Å². The topological polar surface area (TPSA) is 84.7 Å². The standard InChI is InChI=1S/C20H19ClN4O2S/c1-2-3-11-22-14-9-10-15(16(12-14)13-7-5-4-6-8-13)18(26)24-20-23-17(21)19(25-27)28-20/h4-10,12,22H,2-3,11H2,1H3,(H,23,24,26)/p+1. The van der Waals surface area contributed by atoms with Crippen molar-refractivity contribution in [3.63, 3.8) is 0 Å². The molecule has 0 spiro atoms. The first-order valence-corrected chi connectivity index (χ1v) is 10.1. The molecule has 28 heavy (non-hydrogen) atoms. The Morgan fingerprint density at radius 3 is 2.68 bits per heavy atom.